The number of rotatable bonds is 13. The zero-order valence-corrected chi connectivity index (χ0v) is 18.4. The summed E-state index contributed by atoms with van der Waals surface area (Å²) in [5.41, 5.74) is 0.716. The Kier molecular flexibility index (Phi) is 10.6. The lowest BCUT2D eigenvalue weighted by Crippen LogP contribution is -2.32. The third kappa shape index (κ3) is 8.30. The fourth-order valence-electron chi connectivity index (χ4n) is 5.38. The summed E-state index contributed by atoms with van der Waals surface area (Å²) in [6.45, 7) is 7.65. The molecule has 0 aromatic rings. The highest BCUT2D eigenvalue weighted by molar-refractivity contribution is 4.93. The summed E-state index contributed by atoms with van der Waals surface area (Å²) < 4.78 is 0. The minimum atomic E-state index is 0.716. The summed E-state index contributed by atoms with van der Waals surface area (Å²) in [5, 5.41) is 0. The van der Waals surface area contributed by atoms with Gasteiger partial charge >= 0.3 is 0 Å². The summed E-state index contributed by atoms with van der Waals surface area (Å²) in [5.74, 6) is 1.06. The number of likely N-dealkylation sites (tertiary alicyclic amines) is 1. The molecule has 26 heavy (non-hydrogen) atoms. The van der Waals surface area contributed by atoms with Crippen LogP contribution >= 0.6 is 0 Å². The molecule has 2 fully saturated rings. The predicted molar refractivity (Wildman–Crippen MR) is 116 cm³/mol. The molecule has 1 spiro atoms. The molecule has 0 unspecified atom stereocenters. The van der Waals surface area contributed by atoms with E-state index in [0.717, 1.165) is 5.92 Å². The first kappa shape index (κ1) is 22.2. The van der Waals surface area contributed by atoms with Crippen molar-refractivity contribution in [3.8, 4) is 0 Å². The molecule has 2 rings (SSSR count). The lowest BCUT2D eigenvalue weighted by Gasteiger charge is -2.37. The normalized spacial score (nSPS) is 27.0. The van der Waals surface area contributed by atoms with Crippen LogP contribution in [0.15, 0.2) is 0 Å². The highest BCUT2D eigenvalue weighted by Crippen LogP contribution is 2.46. The molecule has 2 aliphatic rings. The Labute approximate surface area is 165 Å². The molecular weight excluding hydrogens is 316 g/mol. The second kappa shape index (κ2) is 12.4. The van der Waals surface area contributed by atoms with Gasteiger partial charge in [-0.2, -0.15) is 0 Å². The molecule has 0 N–H and O–H groups in total. The van der Waals surface area contributed by atoms with E-state index in [4.69, 9.17) is 0 Å². The molecule has 2 heteroatoms. The standard InChI is InChI=1S/C24H48N2/c1-4-5-6-7-8-9-10-11-13-23-14-16-24(17-15-23)18-21-26(22-24)20-12-19-25(2)3/h23H,4-22H2,1-3H3. The van der Waals surface area contributed by atoms with Crippen LogP contribution in [0.4, 0.5) is 0 Å². The van der Waals surface area contributed by atoms with Crippen molar-refractivity contribution in [2.75, 3.05) is 40.3 Å². The summed E-state index contributed by atoms with van der Waals surface area (Å²) in [6, 6.07) is 0. The fourth-order valence-corrected chi connectivity index (χ4v) is 5.38. The van der Waals surface area contributed by atoms with Gasteiger partial charge in [0.25, 0.3) is 0 Å². The molecule has 0 radical (unpaired) electrons. The van der Waals surface area contributed by atoms with Crippen molar-refractivity contribution in [2.45, 2.75) is 103 Å². The summed E-state index contributed by atoms with van der Waals surface area (Å²) in [7, 11) is 4.39. The van der Waals surface area contributed by atoms with Crippen LogP contribution in [0.1, 0.15) is 103 Å². The zero-order chi connectivity index (χ0) is 18.7. The fraction of sp³-hybridized carbons (Fsp3) is 1.00. The van der Waals surface area contributed by atoms with Crippen LogP contribution < -0.4 is 0 Å². The summed E-state index contributed by atoms with van der Waals surface area (Å²) >= 11 is 0. The Morgan fingerprint density at radius 1 is 0.846 bits per heavy atom. The molecule has 154 valence electrons. The average Bonchev–Trinajstić information content (AvgIpc) is 3.01. The zero-order valence-electron chi connectivity index (χ0n) is 18.4. The Hall–Kier alpha value is -0.0800. The van der Waals surface area contributed by atoms with E-state index in [1.807, 2.05) is 0 Å². The molecule has 2 nitrogen and oxygen atoms in total. The van der Waals surface area contributed by atoms with Gasteiger partial charge in [-0.3, -0.25) is 0 Å². The minimum Gasteiger partial charge on any atom is -0.309 e. The predicted octanol–water partition coefficient (Wildman–Crippen LogP) is 6.35. The molecule has 1 saturated carbocycles. The van der Waals surface area contributed by atoms with Crippen molar-refractivity contribution in [3.05, 3.63) is 0 Å². The molecule has 0 aromatic heterocycles. The van der Waals surface area contributed by atoms with Gasteiger partial charge in [0.05, 0.1) is 0 Å². The van der Waals surface area contributed by atoms with E-state index in [9.17, 15) is 0 Å². The molecule has 1 saturated heterocycles. The van der Waals surface area contributed by atoms with Gasteiger partial charge in [-0.15, -0.1) is 0 Å². The van der Waals surface area contributed by atoms with Crippen LogP contribution in [0.2, 0.25) is 0 Å². The Morgan fingerprint density at radius 3 is 2.15 bits per heavy atom. The Bertz CT molecular complexity index is 344. The lowest BCUT2D eigenvalue weighted by atomic mass is 9.69. The van der Waals surface area contributed by atoms with Gasteiger partial charge in [0.2, 0.25) is 0 Å². The van der Waals surface area contributed by atoms with Gasteiger partial charge in [0, 0.05) is 6.54 Å². The first-order valence-electron chi connectivity index (χ1n) is 12.0. The van der Waals surface area contributed by atoms with Crippen LogP contribution in [0, 0.1) is 11.3 Å². The molecule has 1 aliphatic heterocycles. The first-order valence-corrected chi connectivity index (χ1v) is 12.0. The summed E-state index contributed by atoms with van der Waals surface area (Å²) in [4.78, 5) is 5.09. The maximum absolute atomic E-state index is 2.77. The molecule has 0 amide bonds. The van der Waals surface area contributed by atoms with Gasteiger partial charge in [-0.25, -0.2) is 0 Å². The highest BCUT2D eigenvalue weighted by Gasteiger charge is 2.40. The average molecular weight is 365 g/mol. The topological polar surface area (TPSA) is 6.48 Å². The van der Waals surface area contributed by atoms with Crippen molar-refractivity contribution in [2.24, 2.45) is 11.3 Å². The van der Waals surface area contributed by atoms with Crippen LogP contribution in [0.3, 0.4) is 0 Å². The quantitative estimate of drug-likeness (QED) is 0.351. The Balaban J connectivity index is 1.50. The molecular formula is C24H48N2. The largest absolute Gasteiger partial charge is 0.309 e. The van der Waals surface area contributed by atoms with E-state index < -0.39 is 0 Å². The van der Waals surface area contributed by atoms with Gasteiger partial charge in [-0.05, 0) is 83.6 Å². The van der Waals surface area contributed by atoms with Crippen molar-refractivity contribution in [1.82, 2.24) is 9.80 Å². The van der Waals surface area contributed by atoms with Crippen LogP contribution in [-0.4, -0.2) is 50.1 Å². The number of nitrogens with zero attached hydrogens (tertiary/aromatic N) is 2. The van der Waals surface area contributed by atoms with E-state index >= 15 is 0 Å². The number of hydrogen-bond donors (Lipinski definition) is 0. The van der Waals surface area contributed by atoms with Crippen LogP contribution in [-0.2, 0) is 0 Å². The van der Waals surface area contributed by atoms with Crippen LogP contribution in [0.25, 0.3) is 0 Å². The number of unbranched alkanes of at least 4 members (excludes halogenated alkanes) is 7. The van der Waals surface area contributed by atoms with Gasteiger partial charge < -0.3 is 9.80 Å². The van der Waals surface area contributed by atoms with Crippen molar-refractivity contribution in [1.29, 1.82) is 0 Å². The SMILES string of the molecule is CCCCCCCCCCC1CCC2(CC1)CCN(CCCN(C)C)C2. The monoisotopic (exact) mass is 364 g/mol. The lowest BCUT2D eigenvalue weighted by molar-refractivity contribution is 0.143. The van der Waals surface area contributed by atoms with E-state index in [-0.39, 0.29) is 0 Å². The van der Waals surface area contributed by atoms with Gasteiger partial charge in [0.15, 0.2) is 0 Å². The molecule has 0 aromatic carbocycles. The first-order chi connectivity index (χ1) is 12.6. The minimum absolute atomic E-state index is 0.716. The van der Waals surface area contributed by atoms with E-state index in [1.54, 1.807) is 0 Å². The highest BCUT2D eigenvalue weighted by atomic mass is 15.2. The van der Waals surface area contributed by atoms with E-state index in [0.29, 0.717) is 5.41 Å². The smallest absolute Gasteiger partial charge is 0.00385 e. The second-order valence-electron chi connectivity index (χ2n) is 9.89. The Morgan fingerprint density at radius 2 is 1.50 bits per heavy atom. The van der Waals surface area contributed by atoms with Crippen LogP contribution in [0.5, 0.6) is 0 Å². The van der Waals surface area contributed by atoms with Crippen molar-refractivity contribution in [3.63, 3.8) is 0 Å². The maximum Gasteiger partial charge on any atom is 0.00385 e. The molecule has 0 bridgehead atoms. The molecule has 0 atom stereocenters. The van der Waals surface area contributed by atoms with Gasteiger partial charge in [0.1, 0.15) is 0 Å². The number of hydrogen-bond acceptors (Lipinski definition) is 2. The van der Waals surface area contributed by atoms with Gasteiger partial charge in [-0.1, -0.05) is 64.7 Å². The van der Waals surface area contributed by atoms with E-state index in [2.05, 4.69) is 30.8 Å². The summed E-state index contributed by atoms with van der Waals surface area (Å²) in [6.07, 6.45) is 22.2. The third-order valence-electron chi connectivity index (χ3n) is 7.23. The maximum atomic E-state index is 2.77. The van der Waals surface area contributed by atoms with Crippen molar-refractivity contribution >= 4 is 0 Å². The molecule has 1 heterocycles. The molecule has 1 aliphatic carbocycles. The third-order valence-corrected chi connectivity index (χ3v) is 7.23. The second-order valence-corrected chi connectivity index (χ2v) is 9.89. The van der Waals surface area contributed by atoms with Crippen molar-refractivity contribution < 1.29 is 0 Å². The van der Waals surface area contributed by atoms with E-state index in [1.165, 1.54) is 122 Å².